The van der Waals surface area contributed by atoms with Gasteiger partial charge in [-0.25, -0.2) is 9.97 Å². The molecule has 2 aromatic heterocycles. The van der Waals surface area contributed by atoms with Crippen molar-refractivity contribution in [2.75, 3.05) is 17.3 Å². The van der Waals surface area contributed by atoms with Crippen LogP contribution < -0.4 is 11.1 Å². The number of hydrogen-bond acceptors (Lipinski definition) is 5. The van der Waals surface area contributed by atoms with E-state index in [1.54, 1.807) is 42.5 Å². The second kappa shape index (κ2) is 7.24. The summed E-state index contributed by atoms with van der Waals surface area (Å²) in [4.78, 5) is 20.6. The van der Waals surface area contributed by atoms with Crippen LogP contribution in [0.5, 0.6) is 0 Å². The van der Waals surface area contributed by atoms with Gasteiger partial charge >= 0.3 is 0 Å². The fraction of sp³-hybridized carbons (Fsp3) is 0.357. The predicted molar refractivity (Wildman–Crippen MR) is 85.7 cm³/mol. The molecule has 0 fully saturated rings. The van der Waals surface area contributed by atoms with Gasteiger partial charge < -0.3 is 11.1 Å². The van der Waals surface area contributed by atoms with Gasteiger partial charge in [0.05, 0.1) is 11.7 Å². The first-order chi connectivity index (χ1) is 10.1. The van der Waals surface area contributed by atoms with Crippen LogP contribution >= 0.6 is 11.8 Å². The molecule has 0 aliphatic heterocycles. The Morgan fingerprint density at radius 3 is 2.95 bits per heavy atom. The van der Waals surface area contributed by atoms with Crippen LogP contribution in [0.4, 0.5) is 5.69 Å². The summed E-state index contributed by atoms with van der Waals surface area (Å²) in [6.45, 7) is 1.88. The third kappa shape index (κ3) is 3.83. The summed E-state index contributed by atoms with van der Waals surface area (Å²) >= 11 is 1.67. The molecule has 0 aliphatic rings. The van der Waals surface area contributed by atoms with E-state index >= 15 is 0 Å². The van der Waals surface area contributed by atoms with Crippen LogP contribution in [0.25, 0.3) is 5.82 Å². The monoisotopic (exact) mass is 305 g/mol. The van der Waals surface area contributed by atoms with E-state index in [0.717, 1.165) is 11.6 Å². The van der Waals surface area contributed by atoms with Gasteiger partial charge in [-0.1, -0.05) is 0 Å². The molecule has 2 rings (SSSR count). The Morgan fingerprint density at radius 1 is 1.48 bits per heavy atom. The van der Waals surface area contributed by atoms with E-state index in [4.69, 9.17) is 5.73 Å². The van der Waals surface area contributed by atoms with Crippen LogP contribution in [-0.2, 0) is 4.79 Å². The number of nitrogens with one attached hydrogen (secondary N) is 1. The van der Waals surface area contributed by atoms with Crippen LogP contribution in [-0.4, -0.2) is 38.5 Å². The summed E-state index contributed by atoms with van der Waals surface area (Å²) in [5.41, 5.74) is 6.51. The number of nitrogens with zero attached hydrogens (tertiary/aromatic N) is 3. The first-order valence-corrected chi connectivity index (χ1v) is 8.03. The molecule has 3 N–H and O–H groups in total. The number of hydrogen-bond donors (Lipinski definition) is 2. The number of rotatable bonds is 6. The number of nitrogens with two attached hydrogens (primary N) is 1. The molecular weight excluding hydrogens is 286 g/mol. The van der Waals surface area contributed by atoms with Gasteiger partial charge in [-0.05, 0) is 37.5 Å². The molecule has 6 nitrogen and oxygen atoms in total. The summed E-state index contributed by atoms with van der Waals surface area (Å²) in [6.07, 6.45) is 7.82. The number of carbonyl (C=O) groups is 1. The molecule has 0 aliphatic carbocycles. The number of thioether (sulfide) groups is 1. The molecule has 1 atom stereocenters. The fourth-order valence-electron chi connectivity index (χ4n) is 1.89. The Balaban J connectivity index is 2.18. The Hall–Kier alpha value is -1.86. The minimum Gasteiger partial charge on any atom is -0.322 e. The molecule has 1 amide bonds. The predicted octanol–water partition coefficient (Wildman–Crippen LogP) is 1.59. The van der Waals surface area contributed by atoms with Crippen molar-refractivity contribution in [3.63, 3.8) is 0 Å². The van der Waals surface area contributed by atoms with Crippen molar-refractivity contribution in [2.24, 2.45) is 5.73 Å². The van der Waals surface area contributed by atoms with Crippen LogP contribution in [0.15, 0.2) is 30.7 Å². The van der Waals surface area contributed by atoms with Gasteiger partial charge in [-0.2, -0.15) is 11.8 Å². The zero-order valence-corrected chi connectivity index (χ0v) is 12.9. The van der Waals surface area contributed by atoms with Gasteiger partial charge in [-0.15, -0.1) is 0 Å². The van der Waals surface area contributed by atoms with Crippen LogP contribution in [0.3, 0.4) is 0 Å². The number of aryl methyl sites for hydroxylation is 1. The Labute approximate surface area is 128 Å². The third-order valence-corrected chi connectivity index (χ3v) is 3.71. The highest BCUT2D eigenvalue weighted by atomic mass is 32.2. The highest BCUT2D eigenvalue weighted by molar-refractivity contribution is 7.98. The molecule has 112 valence electrons. The number of amides is 1. The molecule has 2 aromatic rings. The van der Waals surface area contributed by atoms with Gasteiger partial charge in [0.25, 0.3) is 0 Å². The maximum absolute atomic E-state index is 12.1. The lowest BCUT2D eigenvalue weighted by Gasteiger charge is -2.14. The molecule has 0 aromatic carbocycles. The van der Waals surface area contributed by atoms with Crippen LogP contribution in [0, 0.1) is 6.92 Å². The van der Waals surface area contributed by atoms with E-state index in [1.165, 1.54) is 0 Å². The second-order valence-corrected chi connectivity index (χ2v) is 5.58. The van der Waals surface area contributed by atoms with E-state index in [2.05, 4.69) is 15.3 Å². The summed E-state index contributed by atoms with van der Waals surface area (Å²) < 4.78 is 1.82. The third-order valence-electron chi connectivity index (χ3n) is 3.07. The fourth-order valence-corrected chi connectivity index (χ4v) is 2.38. The average Bonchev–Trinajstić information content (AvgIpc) is 2.91. The number of carbonyl (C=O) groups excluding carboxylic acids is 1. The van der Waals surface area contributed by atoms with Gasteiger partial charge in [-0.3, -0.25) is 9.36 Å². The van der Waals surface area contributed by atoms with E-state index in [-0.39, 0.29) is 5.91 Å². The van der Waals surface area contributed by atoms with Gasteiger partial charge in [0.2, 0.25) is 5.91 Å². The normalized spacial score (nSPS) is 12.1. The van der Waals surface area contributed by atoms with Crippen molar-refractivity contribution in [1.82, 2.24) is 14.5 Å². The lowest BCUT2D eigenvalue weighted by molar-refractivity contribution is -0.117. The first kappa shape index (κ1) is 15.5. The minimum absolute atomic E-state index is 0.198. The molecule has 2 heterocycles. The number of aromatic nitrogens is 3. The Bertz CT molecular complexity index is 613. The van der Waals surface area contributed by atoms with Crippen molar-refractivity contribution in [2.45, 2.75) is 19.4 Å². The van der Waals surface area contributed by atoms with Crippen molar-refractivity contribution < 1.29 is 4.79 Å². The summed E-state index contributed by atoms with van der Waals surface area (Å²) in [6, 6.07) is 3.06. The zero-order valence-electron chi connectivity index (χ0n) is 12.1. The summed E-state index contributed by atoms with van der Waals surface area (Å²) in [7, 11) is 0. The standard InChI is InChI=1S/C14H19N5OS/c1-10-16-7-8-19(10)13-12(4-3-6-17-13)18-14(20)11(15)5-9-21-2/h3-4,6-8,11H,5,9,15H2,1-2H3,(H,18,20)/t11-/m1/s1. The molecule has 21 heavy (non-hydrogen) atoms. The molecule has 7 heteroatoms. The summed E-state index contributed by atoms with van der Waals surface area (Å²) in [5, 5.41) is 2.85. The molecule has 0 bridgehead atoms. The highest BCUT2D eigenvalue weighted by Gasteiger charge is 2.16. The Morgan fingerprint density at radius 2 is 2.29 bits per heavy atom. The maximum atomic E-state index is 12.1. The Kier molecular flexibility index (Phi) is 5.35. The summed E-state index contributed by atoms with van der Waals surface area (Å²) in [5.74, 6) is 2.10. The lowest BCUT2D eigenvalue weighted by atomic mass is 10.2. The van der Waals surface area contributed by atoms with E-state index < -0.39 is 6.04 Å². The molecule has 0 unspecified atom stereocenters. The average molecular weight is 305 g/mol. The number of anilines is 1. The van der Waals surface area contributed by atoms with Crippen molar-refractivity contribution in [3.8, 4) is 5.82 Å². The molecule has 0 spiro atoms. The van der Waals surface area contributed by atoms with Crippen molar-refractivity contribution in [1.29, 1.82) is 0 Å². The lowest BCUT2D eigenvalue weighted by Crippen LogP contribution is -2.36. The smallest absolute Gasteiger partial charge is 0.241 e. The topological polar surface area (TPSA) is 85.8 Å². The van der Waals surface area contributed by atoms with E-state index in [1.807, 2.05) is 17.7 Å². The molecule has 0 saturated heterocycles. The molecule has 0 radical (unpaired) electrons. The van der Waals surface area contributed by atoms with Crippen LogP contribution in [0.2, 0.25) is 0 Å². The molecular formula is C14H19N5OS. The van der Waals surface area contributed by atoms with E-state index in [0.29, 0.717) is 17.9 Å². The van der Waals surface area contributed by atoms with Crippen molar-refractivity contribution in [3.05, 3.63) is 36.5 Å². The maximum Gasteiger partial charge on any atom is 0.241 e. The van der Waals surface area contributed by atoms with Gasteiger partial charge in [0.1, 0.15) is 5.82 Å². The van der Waals surface area contributed by atoms with E-state index in [9.17, 15) is 4.79 Å². The van der Waals surface area contributed by atoms with Crippen molar-refractivity contribution >= 4 is 23.4 Å². The molecule has 0 saturated carbocycles. The van der Waals surface area contributed by atoms with Crippen LogP contribution in [0.1, 0.15) is 12.2 Å². The highest BCUT2D eigenvalue weighted by Crippen LogP contribution is 2.18. The second-order valence-electron chi connectivity index (χ2n) is 4.60. The zero-order chi connectivity index (χ0) is 15.2. The SMILES string of the molecule is CSCC[C@@H](N)C(=O)Nc1cccnc1-n1ccnc1C. The van der Waals surface area contributed by atoms with Gasteiger partial charge in [0.15, 0.2) is 5.82 Å². The number of imidazole rings is 1. The largest absolute Gasteiger partial charge is 0.322 e. The minimum atomic E-state index is -0.519. The van der Waals surface area contributed by atoms with Gasteiger partial charge in [0, 0.05) is 18.6 Å². The quantitative estimate of drug-likeness (QED) is 0.846. The first-order valence-electron chi connectivity index (χ1n) is 6.64. The number of pyridine rings is 1.